The van der Waals surface area contributed by atoms with Gasteiger partial charge in [-0.25, -0.2) is 4.98 Å². The summed E-state index contributed by atoms with van der Waals surface area (Å²) in [6.07, 6.45) is 3.97. The Bertz CT molecular complexity index is 250. The first-order valence-corrected chi connectivity index (χ1v) is 5.53. The van der Waals surface area contributed by atoms with Crippen LogP contribution in [0.1, 0.15) is 12.8 Å². The van der Waals surface area contributed by atoms with Crippen LogP contribution in [-0.2, 0) is 0 Å². The standard InChI is InChI=1S/C9H14N2OS/c12-5-2-8-1-4-11(7-8)9-10-3-6-13-9/h3,6,8,12H,1-2,4-5,7H2. The van der Waals surface area contributed by atoms with E-state index in [1.165, 1.54) is 6.42 Å². The second-order valence-corrected chi connectivity index (χ2v) is 4.30. The minimum atomic E-state index is 0.316. The molecule has 1 aromatic rings. The predicted octanol–water partition coefficient (Wildman–Crippen LogP) is 1.35. The average Bonchev–Trinajstić information content (AvgIpc) is 2.70. The smallest absolute Gasteiger partial charge is 0.185 e. The Morgan fingerprint density at radius 2 is 2.62 bits per heavy atom. The van der Waals surface area contributed by atoms with E-state index in [0.717, 1.165) is 24.6 Å². The molecule has 1 atom stereocenters. The number of thiazole rings is 1. The first-order valence-electron chi connectivity index (χ1n) is 4.65. The molecule has 1 aliphatic rings. The Morgan fingerprint density at radius 3 is 3.31 bits per heavy atom. The molecule has 1 fully saturated rings. The van der Waals surface area contributed by atoms with E-state index in [4.69, 9.17) is 5.11 Å². The van der Waals surface area contributed by atoms with Crippen LogP contribution < -0.4 is 4.90 Å². The van der Waals surface area contributed by atoms with Crippen LogP contribution in [0.15, 0.2) is 11.6 Å². The van der Waals surface area contributed by atoms with E-state index in [9.17, 15) is 0 Å². The highest BCUT2D eigenvalue weighted by Gasteiger charge is 2.23. The van der Waals surface area contributed by atoms with Crippen LogP contribution in [-0.4, -0.2) is 29.8 Å². The first-order chi connectivity index (χ1) is 6.40. The van der Waals surface area contributed by atoms with Gasteiger partial charge in [0.1, 0.15) is 0 Å². The van der Waals surface area contributed by atoms with Crippen molar-refractivity contribution in [1.82, 2.24) is 4.98 Å². The Kier molecular flexibility index (Phi) is 2.80. The average molecular weight is 198 g/mol. The molecular weight excluding hydrogens is 184 g/mol. The molecule has 72 valence electrons. The number of aliphatic hydroxyl groups is 1. The molecule has 4 heteroatoms. The van der Waals surface area contributed by atoms with Gasteiger partial charge in [-0.2, -0.15) is 0 Å². The van der Waals surface area contributed by atoms with Gasteiger partial charge in [0, 0.05) is 31.3 Å². The number of aliphatic hydroxyl groups excluding tert-OH is 1. The lowest BCUT2D eigenvalue weighted by Crippen LogP contribution is -2.19. The normalized spacial score (nSPS) is 22.5. The van der Waals surface area contributed by atoms with E-state index in [1.54, 1.807) is 11.3 Å². The van der Waals surface area contributed by atoms with Gasteiger partial charge in [0.15, 0.2) is 5.13 Å². The molecule has 0 spiro atoms. The molecule has 1 N–H and O–H groups in total. The molecule has 1 aromatic heterocycles. The van der Waals surface area contributed by atoms with Crippen LogP contribution in [0.4, 0.5) is 5.13 Å². The van der Waals surface area contributed by atoms with Crippen LogP contribution in [0.3, 0.4) is 0 Å². The van der Waals surface area contributed by atoms with Crippen LogP contribution in [0.2, 0.25) is 0 Å². The Morgan fingerprint density at radius 1 is 1.69 bits per heavy atom. The minimum absolute atomic E-state index is 0.316. The quantitative estimate of drug-likeness (QED) is 0.796. The topological polar surface area (TPSA) is 36.4 Å². The highest BCUT2D eigenvalue weighted by Crippen LogP contribution is 2.26. The van der Waals surface area contributed by atoms with Crippen molar-refractivity contribution in [3.05, 3.63) is 11.6 Å². The van der Waals surface area contributed by atoms with Crippen molar-refractivity contribution in [3.8, 4) is 0 Å². The first kappa shape index (κ1) is 8.97. The van der Waals surface area contributed by atoms with E-state index in [0.29, 0.717) is 12.5 Å². The summed E-state index contributed by atoms with van der Waals surface area (Å²) >= 11 is 1.69. The summed E-state index contributed by atoms with van der Waals surface area (Å²) in [6, 6.07) is 0. The Hall–Kier alpha value is -0.610. The van der Waals surface area contributed by atoms with Crippen molar-refractivity contribution >= 4 is 16.5 Å². The third-order valence-electron chi connectivity index (χ3n) is 2.51. The molecule has 0 amide bonds. The predicted molar refractivity (Wildman–Crippen MR) is 54.1 cm³/mol. The maximum absolute atomic E-state index is 8.81. The summed E-state index contributed by atoms with van der Waals surface area (Å²) in [4.78, 5) is 6.59. The largest absolute Gasteiger partial charge is 0.396 e. The van der Waals surface area contributed by atoms with Gasteiger partial charge in [-0.15, -0.1) is 11.3 Å². The molecule has 0 aliphatic carbocycles. The maximum atomic E-state index is 8.81. The number of hydrogen-bond donors (Lipinski definition) is 1. The van der Waals surface area contributed by atoms with Gasteiger partial charge < -0.3 is 10.0 Å². The summed E-state index contributed by atoms with van der Waals surface area (Å²) < 4.78 is 0. The second-order valence-electron chi connectivity index (χ2n) is 3.43. The number of anilines is 1. The molecule has 13 heavy (non-hydrogen) atoms. The number of aromatic nitrogens is 1. The maximum Gasteiger partial charge on any atom is 0.185 e. The fraction of sp³-hybridized carbons (Fsp3) is 0.667. The number of nitrogens with zero attached hydrogens (tertiary/aromatic N) is 2. The van der Waals surface area contributed by atoms with Crippen molar-refractivity contribution < 1.29 is 5.11 Å². The molecule has 1 aliphatic heterocycles. The van der Waals surface area contributed by atoms with Crippen LogP contribution in [0.25, 0.3) is 0 Å². The second kappa shape index (κ2) is 4.07. The van der Waals surface area contributed by atoms with E-state index in [1.807, 2.05) is 11.6 Å². The zero-order chi connectivity index (χ0) is 9.10. The number of rotatable bonds is 3. The summed E-state index contributed by atoms with van der Waals surface area (Å²) in [6.45, 7) is 2.47. The van der Waals surface area contributed by atoms with E-state index in [2.05, 4.69) is 9.88 Å². The van der Waals surface area contributed by atoms with Gasteiger partial charge in [0.05, 0.1) is 0 Å². The van der Waals surface area contributed by atoms with Crippen LogP contribution >= 0.6 is 11.3 Å². The molecule has 2 heterocycles. The van der Waals surface area contributed by atoms with Crippen molar-refractivity contribution in [1.29, 1.82) is 0 Å². The van der Waals surface area contributed by atoms with Gasteiger partial charge in [-0.3, -0.25) is 0 Å². The zero-order valence-electron chi connectivity index (χ0n) is 7.52. The molecule has 2 rings (SSSR count). The molecule has 0 saturated carbocycles. The van der Waals surface area contributed by atoms with Crippen molar-refractivity contribution in [2.75, 3.05) is 24.6 Å². The van der Waals surface area contributed by atoms with Gasteiger partial charge in [0.2, 0.25) is 0 Å². The van der Waals surface area contributed by atoms with Crippen molar-refractivity contribution in [2.24, 2.45) is 5.92 Å². The third kappa shape index (κ3) is 2.00. The highest BCUT2D eigenvalue weighted by molar-refractivity contribution is 7.13. The molecule has 1 unspecified atom stereocenters. The lowest BCUT2D eigenvalue weighted by atomic mass is 10.1. The lowest BCUT2D eigenvalue weighted by Gasteiger charge is -2.14. The van der Waals surface area contributed by atoms with E-state index >= 15 is 0 Å². The summed E-state index contributed by atoms with van der Waals surface area (Å²) in [7, 11) is 0. The third-order valence-corrected chi connectivity index (χ3v) is 3.35. The van der Waals surface area contributed by atoms with Gasteiger partial charge in [-0.1, -0.05) is 0 Å². The Labute approximate surface area is 82.0 Å². The molecule has 0 aromatic carbocycles. The highest BCUT2D eigenvalue weighted by atomic mass is 32.1. The SMILES string of the molecule is OCCC1CCN(c2nccs2)C1. The summed E-state index contributed by atoms with van der Waals surface area (Å²) in [5.41, 5.74) is 0. The van der Waals surface area contributed by atoms with Gasteiger partial charge in [0.25, 0.3) is 0 Å². The summed E-state index contributed by atoms with van der Waals surface area (Å²) in [5, 5.41) is 11.9. The van der Waals surface area contributed by atoms with Crippen LogP contribution in [0, 0.1) is 5.92 Å². The lowest BCUT2D eigenvalue weighted by molar-refractivity contribution is 0.263. The van der Waals surface area contributed by atoms with Gasteiger partial charge in [-0.05, 0) is 18.8 Å². The molecule has 0 bridgehead atoms. The van der Waals surface area contributed by atoms with E-state index in [-0.39, 0.29) is 0 Å². The van der Waals surface area contributed by atoms with Crippen LogP contribution in [0.5, 0.6) is 0 Å². The fourth-order valence-electron chi connectivity index (χ4n) is 1.80. The minimum Gasteiger partial charge on any atom is -0.396 e. The molecule has 3 nitrogen and oxygen atoms in total. The monoisotopic (exact) mass is 198 g/mol. The molecular formula is C9H14N2OS. The molecule has 1 saturated heterocycles. The van der Waals surface area contributed by atoms with Crippen molar-refractivity contribution in [2.45, 2.75) is 12.8 Å². The van der Waals surface area contributed by atoms with E-state index < -0.39 is 0 Å². The number of hydrogen-bond acceptors (Lipinski definition) is 4. The fourth-order valence-corrected chi connectivity index (χ4v) is 2.48. The van der Waals surface area contributed by atoms with Gasteiger partial charge >= 0.3 is 0 Å². The summed E-state index contributed by atoms with van der Waals surface area (Å²) in [5.74, 6) is 0.661. The zero-order valence-corrected chi connectivity index (χ0v) is 8.33. The molecule has 0 radical (unpaired) electrons. The Balaban J connectivity index is 1.91. The van der Waals surface area contributed by atoms with Crippen molar-refractivity contribution in [3.63, 3.8) is 0 Å².